The molecular weight excluding hydrogens is 260 g/mol. The van der Waals surface area contributed by atoms with Gasteiger partial charge in [0.2, 0.25) is 11.8 Å². The average Bonchev–Trinajstić information content (AvgIpc) is 3.08. The number of carbonyl (C=O) groups is 2. The number of nitrogens with zero attached hydrogens (tertiary/aromatic N) is 3. The minimum atomic E-state index is -0.207. The van der Waals surface area contributed by atoms with Gasteiger partial charge in [-0.15, -0.1) is 0 Å². The van der Waals surface area contributed by atoms with Crippen molar-refractivity contribution < 1.29 is 14.3 Å². The molecule has 1 aliphatic heterocycles. The van der Waals surface area contributed by atoms with Crippen LogP contribution in [0.5, 0.6) is 0 Å². The van der Waals surface area contributed by atoms with Crippen molar-refractivity contribution in [2.24, 2.45) is 11.8 Å². The molecule has 7 heteroatoms. The minimum Gasteiger partial charge on any atom is -0.384 e. The summed E-state index contributed by atoms with van der Waals surface area (Å²) in [6.07, 6.45) is 3.38. The number of nitrogens with one attached hydrogen (secondary N) is 1. The Kier molecular flexibility index (Phi) is 4.73. The smallest absolute Gasteiger partial charge is 0.244 e. The number of carbonyl (C=O) groups excluding carboxylic acids is 2. The van der Waals surface area contributed by atoms with Gasteiger partial charge in [-0.3, -0.25) is 14.3 Å². The molecule has 110 valence electrons. The zero-order valence-corrected chi connectivity index (χ0v) is 11.8. The van der Waals surface area contributed by atoms with E-state index in [0.29, 0.717) is 19.7 Å². The largest absolute Gasteiger partial charge is 0.384 e. The third-order valence-corrected chi connectivity index (χ3v) is 3.61. The van der Waals surface area contributed by atoms with E-state index in [0.717, 1.165) is 0 Å². The molecule has 2 amide bonds. The molecule has 0 radical (unpaired) electrons. The maximum absolute atomic E-state index is 12.2. The van der Waals surface area contributed by atoms with Crippen molar-refractivity contribution in [3.05, 3.63) is 18.5 Å². The lowest BCUT2D eigenvalue weighted by molar-refractivity contribution is -0.131. The van der Waals surface area contributed by atoms with Gasteiger partial charge in [-0.2, -0.15) is 5.10 Å². The predicted molar refractivity (Wildman–Crippen MR) is 71.7 cm³/mol. The van der Waals surface area contributed by atoms with E-state index < -0.39 is 0 Å². The Hall–Kier alpha value is -1.89. The van der Waals surface area contributed by atoms with Gasteiger partial charge in [0, 0.05) is 45.6 Å². The zero-order valence-electron chi connectivity index (χ0n) is 11.8. The average molecular weight is 280 g/mol. The van der Waals surface area contributed by atoms with Crippen LogP contribution in [0.25, 0.3) is 0 Å². The Morgan fingerprint density at radius 1 is 1.45 bits per heavy atom. The van der Waals surface area contributed by atoms with Crippen LogP contribution in [0.3, 0.4) is 0 Å². The summed E-state index contributed by atoms with van der Waals surface area (Å²) in [7, 11) is 3.22. The van der Waals surface area contributed by atoms with Crippen LogP contribution in [-0.2, 0) is 20.9 Å². The highest BCUT2D eigenvalue weighted by atomic mass is 16.5. The second kappa shape index (κ2) is 6.51. The van der Waals surface area contributed by atoms with Crippen molar-refractivity contribution in [1.29, 1.82) is 0 Å². The van der Waals surface area contributed by atoms with Crippen LogP contribution >= 0.6 is 0 Å². The maximum atomic E-state index is 12.2. The van der Waals surface area contributed by atoms with E-state index in [-0.39, 0.29) is 30.2 Å². The van der Waals surface area contributed by atoms with Crippen molar-refractivity contribution in [3.8, 4) is 0 Å². The summed E-state index contributed by atoms with van der Waals surface area (Å²) in [4.78, 5) is 25.8. The summed E-state index contributed by atoms with van der Waals surface area (Å²) in [6, 6.07) is 1.78. The number of hydrogen-bond acceptors (Lipinski definition) is 4. The fourth-order valence-electron chi connectivity index (χ4n) is 2.57. The molecule has 1 aromatic rings. The van der Waals surface area contributed by atoms with Gasteiger partial charge < -0.3 is 15.0 Å². The van der Waals surface area contributed by atoms with E-state index in [9.17, 15) is 9.59 Å². The number of methoxy groups -OCH3 is 1. The highest BCUT2D eigenvalue weighted by Gasteiger charge is 2.39. The molecule has 2 atom stereocenters. The number of likely N-dealkylation sites (tertiary alicyclic amines) is 1. The van der Waals surface area contributed by atoms with Gasteiger partial charge in [0.25, 0.3) is 0 Å². The van der Waals surface area contributed by atoms with Crippen molar-refractivity contribution >= 4 is 11.8 Å². The minimum absolute atomic E-state index is 0.0267. The molecule has 1 aliphatic rings. The Balaban J connectivity index is 1.99. The van der Waals surface area contributed by atoms with Gasteiger partial charge in [0.1, 0.15) is 6.54 Å². The number of aromatic nitrogens is 2. The van der Waals surface area contributed by atoms with E-state index >= 15 is 0 Å². The van der Waals surface area contributed by atoms with E-state index in [1.54, 1.807) is 42.2 Å². The van der Waals surface area contributed by atoms with Crippen molar-refractivity contribution in [3.63, 3.8) is 0 Å². The zero-order chi connectivity index (χ0) is 14.5. The van der Waals surface area contributed by atoms with Gasteiger partial charge in [-0.25, -0.2) is 0 Å². The van der Waals surface area contributed by atoms with Gasteiger partial charge in [0.05, 0.1) is 12.5 Å². The lowest BCUT2D eigenvalue weighted by Gasteiger charge is -2.16. The molecule has 0 aromatic carbocycles. The quantitative estimate of drug-likeness (QED) is 0.777. The first kappa shape index (κ1) is 14.5. The fourth-order valence-corrected chi connectivity index (χ4v) is 2.57. The van der Waals surface area contributed by atoms with Gasteiger partial charge in [-0.05, 0) is 6.07 Å². The lowest BCUT2D eigenvalue weighted by Crippen LogP contribution is -2.35. The Labute approximate surface area is 117 Å². The molecule has 1 fully saturated rings. The Morgan fingerprint density at radius 3 is 2.85 bits per heavy atom. The number of rotatable bonds is 5. The highest BCUT2D eigenvalue weighted by molar-refractivity contribution is 5.82. The van der Waals surface area contributed by atoms with E-state index in [2.05, 4.69) is 10.4 Å². The third-order valence-electron chi connectivity index (χ3n) is 3.61. The molecule has 1 aromatic heterocycles. The molecule has 0 unspecified atom stereocenters. The van der Waals surface area contributed by atoms with Crippen molar-refractivity contribution in [2.75, 3.05) is 33.9 Å². The molecule has 2 rings (SSSR count). The first-order valence-electron chi connectivity index (χ1n) is 6.61. The van der Waals surface area contributed by atoms with Crippen LogP contribution in [-0.4, -0.2) is 60.3 Å². The molecule has 1 N–H and O–H groups in total. The SMILES string of the molecule is CNC(=O)[C@@H]1CN(C(=O)Cn2cccn2)C[C@H]1COC. The van der Waals surface area contributed by atoms with E-state index in [1.165, 1.54) is 0 Å². The summed E-state index contributed by atoms with van der Waals surface area (Å²) >= 11 is 0. The summed E-state index contributed by atoms with van der Waals surface area (Å²) in [6.45, 7) is 1.66. The topological polar surface area (TPSA) is 76.5 Å². The van der Waals surface area contributed by atoms with E-state index in [1.807, 2.05) is 0 Å². The molecule has 0 aliphatic carbocycles. The van der Waals surface area contributed by atoms with Crippen LogP contribution in [0.1, 0.15) is 0 Å². The molecule has 0 bridgehead atoms. The number of amides is 2. The molecule has 1 saturated heterocycles. The summed E-state index contributed by atoms with van der Waals surface area (Å²) in [5.41, 5.74) is 0. The maximum Gasteiger partial charge on any atom is 0.244 e. The number of ether oxygens (including phenoxy) is 1. The molecule has 0 spiro atoms. The van der Waals surface area contributed by atoms with Gasteiger partial charge >= 0.3 is 0 Å². The lowest BCUT2D eigenvalue weighted by atomic mass is 9.96. The van der Waals surface area contributed by atoms with Crippen LogP contribution in [0.4, 0.5) is 0 Å². The van der Waals surface area contributed by atoms with Crippen LogP contribution < -0.4 is 5.32 Å². The first-order chi connectivity index (χ1) is 9.65. The highest BCUT2D eigenvalue weighted by Crippen LogP contribution is 2.24. The number of hydrogen-bond donors (Lipinski definition) is 1. The van der Waals surface area contributed by atoms with Crippen LogP contribution in [0.2, 0.25) is 0 Å². The second-order valence-corrected chi connectivity index (χ2v) is 4.94. The molecule has 7 nitrogen and oxygen atoms in total. The monoisotopic (exact) mass is 280 g/mol. The second-order valence-electron chi connectivity index (χ2n) is 4.94. The molecular formula is C13H20N4O3. The molecule has 20 heavy (non-hydrogen) atoms. The fraction of sp³-hybridized carbons (Fsp3) is 0.615. The van der Waals surface area contributed by atoms with Crippen molar-refractivity contribution in [2.45, 2.75) is 6.54 Å². The standard InChI is InChI=1S/C13H20N4O3/c1-14-13(19)11-7-16(6-10(11)9-20-2)12(18)8-17-5-3-4-15-17/h3-5,10-11H,6-9H2,1-2H3,(H,14,19)/t10-,11+/m0/s1. The van der Waals surface area contributed by atoms with E-state index in [4.69, 9.17) is 4.74 Å². The predicted octanol–water partition coefficient (Wildman–Crippen LogP) is -0.650. The van der Waals surface area contributed by atoms with Crippen molar-refractivity contribution in [1.82, 2.24) is 20.0 Å². The van der Waals surface area contributed by atoms with Gasteiger partial charge in [0.15, 0.2) is 0 Å². The molecule has 0 saturated carbocycles. The third kappa shape index (κ3) is 3.16. The normalized spacial score (nSPS) is 22.0. The Morgan fingerprint density at radius 2 is 2.25 bits per heavy atom. The Bertz CT molecular complexity index is 460. The summed E-state index contributed by atoms with van der Waals surface area (Å²) in [5.74, 6) is -0.231. The van der Waals surface area contributed by atoms with Crippen LogP contribution in [0.15, 0.2) is 18.5 Å². The van der Waals surface area contributed by atoms with Crippen LogP contribution in [0, 0.1) is 11.8 Å². The van der Waals surface area contributed by atoms with Gasteiger partial charge in [-0.1, -0.05) is 0 Å². The first-order valence-corrected chi connectivity index (χ1v) is 6.61. The summed E-state index contributed by atoms with van der Waals surface area (Å²) < 4.78 is 6.73. The summed E-state index contributed by atoms with van der Waals surface area (Å²) in [5, 5.41) is 6.67. The molecule has 2 heterocycles.